The summed E-state index contributed by atoms with van der Waals surface area (Å²) in [5, 5.41) is 0. The van der Waals surface area contributed by atoms with Crippen molar-refractivity contribution in [3.05, 3.63) is 0 Å². The Bertz CT molecular complexity index is 231. The summed E-state index contributed by atoms with van der Waals surface area (Å²) in [6, 6.07) is 0.354. The summed E-state index contributed by atoms with van der Waals surface area (Å²) in [4.78, 5) is 14.0. The van der Waals surface area contributed by atoms with Crippen LogP contribution in [0.25, 0.3) is 0 Å². The van der Waals surface area contributed by atoms with Gasteiger partial charge in [-0.15, -0.1) is 0 Å². The maximum atomic E-state index is 12.1. The van der Waals surface area contributed by atoms with Crippen molar-refractivity contribution in [3.63, 3.8) is 0 Å². The molecule has 1 amide bonds. The van der Waals surface area contributed by atoms with Gasteiger partial charge in [-0.05, 0) is 38.1 Å². The molecule has 0 aromatic rings. The summed E-state index contributed by atoms with van der Waals surface area (Å²) in [5.74, 6) is 0.270. The van der Waals surface area contributed by atoms with Gasteiger partial charge in [0.25, 0.3) is 0 Å². The molecule has 3 nitrogen and oxygen atoms in total. The van der Waals surface area contributed by atoms with Gasteiger partial charge in [0.1, 0.15) is 0 Å². The van der Waals surface area contributed by atoms with Gasteiger partial charge in [0.15, 0.2) is 0 Å². The Labute approximate surface area is 99.4 Å². The molecule has 2 N–H and O–H groups in total. The molecule has 3 heteroatoms. The Morgan fingerprint density at radius 1 is 1.50 bits per heavy atom. The van der Waals surface area contributed by atoms with E-state index in [4.69, 9.17) is 5.73 Å². The van der Waals surface area contributed by atoms with E-state index in [0.29, 0.717) is 19.0 Å². The van der Waals surface area contributed by atoms with Crippen LogP contribution in [0.2, 0.25) is 0 Å². The van der Waals surface area contributed by atoms with E-state index in [1.807, 2.05) is 11.9 Å². The third-order valence-corrected chi connectivity index (χ3v) is 4.13. The minimum absolute atomic E-state index is 0.136. The van der Waals surface area contributed by atoms with E-state index in [2.05, 4.69) is 13.8 Å². The average Bonchev–Trinajstić information content (AvgIpc) is 2.22. The lowest BCUT2D eigenvalue weighted by molar-refractivity contribution is -0.135. The van der Waals surface area contributed by atoms with E-state index < -0.39 is 0 Å². The summed E-state index contributed by atoms with van der Waals surface area (Å²) in [6.07, 6.45) is 6.35. The van der Waals surface area contributed by atoms with Gasteiger partial charge in [-0.1, -0.05) is 19.8 Å². The minimum atomic E-state index is 0.136. The van der Waals surface area contributed by atoms with Crippen molar-refractivity contribution in [2.75, 3.05) is 13.6 Å². The lowest BCUT2D eigenvalue weighted by Gasteiger charge is -2.41. The summed E-state index contributed by atoms with van der Waals surface area (Å²) in [7, 11) is 1.92. The van der Waals surface area contributed by atoms with Gasteiger partial charge >= 0.3 is 0 Å². The van der Waals surface area contributed by atoms with Gasteiger partial charge < -0.3 is 10.6 Å². The van der Waals surface area contributed by atoms with E-state index >= 15 is 0 Å². The standard InChI is InChI=1S/C13H26N2O/c1-4-6-11(2)15(3)12(16)9-13(10-14)7-5-8-13/h11H,4-10,14H2,1-3H3. The minimum Gasteiger partial charge on any atom is -0.343 e. The molecule has 0 aromatic carbocycles. The van der Waals surface area contributed by atoms with Crippen molar-refractivity contribution in [2.45, 2.75) is 58.4 Å². The molecule has 0 radical (unpaired) electrons. The molecule has 1 rings (SSSR count). The number of carbonyl (C=O) groups is 1. The van der Waals surface area contributed by atoms with Crippen LogP contribution in [0.3, 0.4) is 0 Å². The fourth-order valence-electron chi connectivity index (χ4n) is 2.43. The second-order valence-corrected chi connectivity index (χ2v) is 5.38. The van der Waals surface area contributed by atoms with Crippen molar-refractivity contribution < 1.29 is 4.79 Å². The van der Waals surface area contributed by atoms with Crippen molar-refractivity contribution >= 4 is 5.91 Å². The van der Waals surface area contributed by atoms with Crippen LogP contribution in [0.15, 0.2) is 0 Å². The Kier molecular flexibility index (Phi) is 4.78. The van der Waals surface area contributed by atoms with Gasteiger partial charge in [0.2, 0.25) is 5.91 Å². The van der Waals surface area contributed by atoms with Crippen LogP contribution >= 0.6 is 0 Å². The van der Waals surface area contributed by atoms with E-state index in [0.717, 1.165) is 25.7 Å². The predicted octanol–water partition coefficient (Wildman–Crippen LogP) is 2.15. The lowest BCUT2D eigenvalue weighted by Crippen LogP contribution is -2.44. The van der Waals surface area contributed by atoms with Crippen molar-refractivity contribution in [2.24, 2.45) is 11.1 Å². The second kappa shape index (κ2) is 5.67. The molecule has 1 saturated carbocycles. The molecule has 1 aliphatic rings. The summed E-state index contributed by atoms with van der Waals surface area (Å²) in [5.41, 5.74) is 5.92. The number of hydrogen-bond donors (Lipinski definition) is 1. The SMILES string of the molecule is CCCC(C)N(C)C(=O)CC1(CN)CCC1. The largest absolute Gasteiger partial charge is 0.343 e. The topological polar surface area (TPSA) is 46.3 Å². The molecule has 0 bridgehead atoms. The van der Waals surface area contributed by atoms with Gasteiger partial charge in [-0.3, -0.25) is 4.79 Å². The van der Waals surface area contributed by atoms with E-state index in [1.54, 1.807) is 0 Å². The Morgan fingerprint density at radius 3 is 2.50 bits per heavy atom. The maximum Gasteiger partial charge on any atom is 0.223 e. The number of nitrogens with two attached hydrogens (primary N) is 1. The number of hydrogen-bond acceptors (Lipinski definition) is 2. The molecule has 1 fully saturated rings. The zero-order valence-corrected chi connectivity index (χ0v) is 11.0. The van der Waals surface area contributed by atoms with E-state index in [9.17, 15) is 4.79 Å². The van der Waals surface area contributed by atoms with Crippen LogP contribution in [-0.2, 0) is 4.79 Å². The third kappa shape index (κ3) is 2.97. The highest BCUT2D eigenvalue weighted by atomic mass is 16.2. The molecule has 0 aromatic heterocycles. The molecular formula is C13H26N2O. The summed E-state index contributed by atoms with van der Waals surface area (Å²) in [6.45, 7) is 4.94. The highest BCUT2D eigenvalue weighted by Crippen LogP contribution is 2.43. The molecule has 94 valence electrons. The van der Waals surface area contributed by atoms with Crippen molar-refractivity contribution in [1.29, 1.82) is 0 Å². The van der Waals surface area contributed by atoms with Gasteiger partial charge in [-0.25, -0.2) is 0 Å². The molecule has 16 heavy (non-hydrogen) atoms. The highest BCUT2D eigenvalue weighted by molar-refractivity contribution is 5.77. The maximum absolute atomic E-state index is 12.1. The van der Waals surface area contributed by atoms with Crippen LogP contribution in [0.5, 0.6) is 0 Å². The third-order valence-electron chi connectivity index (χ3n) is 4.13. The number of carbonyl (C=O) groups excluding carboxylic acids is 1. The predicted molar refractivity (Wildman–Crippen MR) is 67.1 cm³/mol. The first-order valence-corrected chi connectivity index (χ1v) is 6.50. The first-order chi connectivity index (χ1) is 7.54. The second-order valence-electron chi connectivity index (χ2n) is 5.38. The molecule has 1 atom stereocenters. The molecule has 1 aliphatic carbocycles. The first kappa shape index (κ1) is 13.5. The molecule has 0 aliphatic heterocycles. The first-order valence-electron chi connectivity index (χ1n) is 6.50. The van der Waals surface area contributed by atoms with Crippen LogP contribution in [0.4, 0.5) is 0 Å². The molecule has 0 heterocycles. The van der Waals surface area contributed by atoms with E-state index in [1.165, 1.54) is 6.42 Å². The zero-order chi connectivity index (χ0) is 12.2. The van der Waals surface area contributed by atoms with E-state index in [-0.39, 0.29) is 11.3 Å². The average molecular weight is 226 g/mol. The Balaban J connectivity index is 2.44. The summed E-state index contributed by atoms with van der Waals surface area (Å²) < 4.78 is 0. The Morgan fingerprint density at radius 2 is 2.12 bits per heavy atom. The number of amides is 1. The number of rotatable bonds is 6. The van der Waals surface area contributed by atoms with Gasteiger partial charge in [-0.2, -0.15) is 0 Å². The fourth-order valence-corrected chi connectivity index (χ4v) is 2.43. The zero-order valence-electron chi connectivity index (χ0n) is 11.0. The smallest absolute Gasteiger partial charge is 0.223 e. The molecule has 0 spiro atoms. The van der Waals surface area contributed by atoms with Crippen LogP contribution < -0.4 is 5.73 Å². The van der Waals surface area contributed by atoms with Crippen LogP contribution in [0, 0.1) is 5.41 Å². The Hall–Kier alpha value is -0.570. The molecule has 1 unspecified atom stereocenters. The summed E-state index contributed by atoms with van der Waals surface area (Å²) >= 11 is 0. The van der Waals surface area contributed by atoms with Crippen molar-refractivity contribution in [1.82, 2.24) is 4.90 Å². The lowest BCUT2D eigenvalue weighted by atomic mass is 9.66. The quantitative estimate of drug-likeness (QED) is 0.754. The van der Waals surface area contributed by atoms with Crippen molar-refractivity contribution in [3.8, 4) is 0 Å². The fraction of sp³-hybridized carbons (Fsp3) is 0.923. The normalized spacial score (nSPS) is 20.0. The number of nitrogens with zero attached hydrogens (tertiary/aromatic N) is 1. The van der Waals surface area contributed by atoms with Gasteiger partial charge in [0.05, 0.1) is 0 Å². The monoisotopic (exact) mass is 226 g/mol. The van der Waals surface area contributed by atoms with Crippen LogP contribution in [-0.4, -0.2) is 30.4 Å². The van der Waals surface area contributed by atoms with Crippen LogP contribution in [0.1, 0.15) is 52.4 Å². The molecule has 0 saturated heterocycles. The molecular weight excluding hydrogens is 200 g/mol. The highest BCUT2D eigenvalue weighted by Gasteiger charge is 2.38. The van der Waals surface area contributed by atoms with Gasteiger partial charge in [0, 0.05) is 19.5 Å².